The summed E-state index contributed by atoms with van der Waals surface area (Å²) in [6.45, 7) is 5.42. The number of phenols is 1. The SMILES string of the molecule is CN(C)c1cc(CN(CC(C)(C)C)C(=O)Nc2ccc(C(F)(F)F)cc2)c(O)c2c1CC1CC3C(N(C)C)C(O)=C(C(N)=O)C(=O)C3(O)C(O)=C1C2=O. The molecule has 5 rings (SSSR count). The molecule has 0 aromatic heterocycles. The van der Waals surface area contributed by atoms with Gasteiger partial charge in [0.15, 0.2) is 11.4 Å². The smallest absolute Gasteiger partial charge is 0.416 e. The zero-order chi connectivity index (χ0) is 39.7. The number of carbonyl (C=O) groups is 4. The number of nitrogens with two attached hydrogens (primary N) is 1. The van der Waals surface area contributed by atoms with E-state index in [1.807, 2.05) is 20.8 Å². The van der Waals surface area contributed by atoms with Gasteiger partial charge in [-0.2, -0.15) is 13.2 Å². The Balaban J connectivity index is 1.59. The van der Waals surface area contributed by atoms with Crippen LogP contribution < -0.4 is 16.0 Å². The van der Waals surface area contributed by atoms with E-state index in [0.717, 1.165) is 24.3 Å². The number of amides is 3. The fourth-order valence-corrected chi connectivity index (χ4v) is 7.80. The summed E-state index contributed by atoms with van der Waals surface area (Å²) in [5.41, 5.74) is 0.914. The summed E-state index contributed by atoms with van der Waals surface area (Å²) in [5.74, 6) is -7.70. The lowest BCUT2D eigenvalue weighted by Crippen LogP contribution is -2.63. The van der Waals surface area contributed by atoms with Crippen LogP contribution in [0.15, 0.2) is 53.0 Å². The van der Waals surface area contributed by atoms with Crippen molar-refractivity contribution in [1.82, 2.24) is 9.80 Å². The van der Waals surface area contributed by atoms with Crippen LogP contribution in [0.5, 0.6) is 5.75 Å². The first kappa shape index (κ1) is 39.1. The largest absolute Gasteiger partial charge is 0.510 e. The minimum absolute atomic E-state index is 0.0655. The summed E-state index contributed by atoms with van der Waals surface area (Å²) in [6.07, 6.45) is -4.58. The second-order valence-corrected chi connectivity index (χ2v) is 15.5. The Morgan fingerprint density at radius 1 is 1.02 bits per heavy atom. The lowest BCUT2D eigenvalue weighted by Gasteiger charge is -2.50. The standard InChI is InChI=1S/C37H44F3N5O8/c1-35(2,3)16-45(34(52)42-20-10-8-19(9-11-20)37(38,39)40)15-18-14-23(43(4)5)21-12-17-13-22-27(44(6)7)30(48)26(33(41)51)32(50)36(22,53)31(49)24(17)29(47)25(21)28(18)46/h8-11,14,17,22,27,46,48-49,53H,12-13,15-16H2,1-7H3,(H2,41,51)(H,42,52). The van der Waals surface area contributed by atoms with Crippen molar-refractivity contribution in [1.29, 1.82) is 0 Å². The third-order valence-corrected chi connectivity index (χ3v) is 10.0. The maximum Gasteiger partial charge on any atom is 0.416 e. The number of aliphatic hydroxyl groups is 3. The molecule has 0 saturated heterocycles. The summed E-state index contributed by atoms with van der Waals surface area (Å²) in [4.78, 5) is 58.6. The molecule has 4 atom stereocenters. The second kappa shape index (κ2) is 13.4. The number of likely N-dealkylation sites (N-methyl/N-ethyl adjacent to an activating group) is 1. The van der Waals surface area contributed by atoms with Gasteiger partial charge in [-0.05, 0) is 74.2 Å². The van der Waals surface area contributed by atoms with E-state index in [2.05, 4.69) is 5.32 Å². The number of carbonyl (C=O) groups excluding carboxylic acids is 4. The third-order valence-electron chi connectivity index (χ3n) is 10.0. The highest BCUT2D eigenvalue weighted by Crippen LogP contribution is 2.53. The monoisotopic (exact) mass is 743 g/mol. The number of phenolic OH excluding ortho intramolecular Hbond substituents is 1. The molecule has 4 unspecified atom stereocenters. The Morgan fingerprint density at radius 2 is 1.62 bits per heavy atom. The number of halogens is 3. The Kier molecular flexibility index (Phi) is 9.89. The van der Waals surface area contributed by atoms with Gasteiger partial charge in [0.1, 0.15) is 22.8 Å². The first-order valence-electron chi connectivity index (χ1n) is 16.8. The Labute approximate surface area is 304 Å². The fraction of sp³-hybridized carbons (Fsp3) is 0.459. The number of urea groups is 1. The van der Waals surface area contributed by atoms with E-state index in [1.165, 1.54) is 9.80 Å². The highest BCUT2D eigenvalue weighted by atomic mass is 19.4. The molecular formula is C37H44F3N5O8. The van der Waals surface area contributed by atoms with E-state index in [4.69, 9.17) is 5.73 Å². The van der Waals surface area contributed by atoms with Gasteiger partial charge in [-0.15, -0.1) is 0 Å². The van der Waals surface area contributed by atoms with Crippen molar-refractivity contribution in [2.24, 2.45) is 23.0 Å². The molecule has 3 amide bonds. The van der Waals surface area contributed by atoms with Crippen molar-refractivity contribution < 1.29 is 52.8 Å². The summed E-state index contributed by atoms with van der Waals surface area (Å²) >= 11 is 0. The lowest BCUT2D eigenvalue weighted by molar-refractivity contribution is -0.148. The number of aliphatic hydroxyl groups excluding tert-OH is 2. The van der Waals surface area contributed by atoms with Crippen LogP contribution in [0.4, 0.5) is 29.3 Å². The van der Waals surface area contributed by atoms with Crippen LogP contribution in [0.2, 0.25) is 0 Å². The van der Waals surface area contributed by atoms with Gasteiger partial charge in [0, 0.05) is 49.1 Å². The molecule has 0 saturated carbocycles. The number of Topliss-reactive ketones (excluding diaryl/α,β-unsaturated/α-hetero) is 2. The number of benzene rings is 2. The van der Waals surface area contributed by atoms with Crippen LogP contribution in [-0.4, -0.2) is 100 Å². The van der Waals surface area contributed by atoms with Gasteiger partial charge in [-0.25, -0.2) is 4.79 Å². The van der Waals surface area contributed by atoms with Gasteiger partial charge in [0.05, 0.1) is 23.7 Å². The van der Waals surface area contributed by atoms with Crippen molar-refractivity contribution in [2.75, 3.05) is 45.0 Å². The molecule has 7 N–H and O–H groups in total. The van der Waals surface area contributed by atoms with Crippen LogP contribution >= 0.6 is 0 Å². The molecule has 53 heavy (non-hydrogen) atoms. The van der Waals surface area contributed by atoms with E-state index >= 15 is 0 Å². The average Bonchev–Trinajstić information content (AvgIpc) is 3.02. The van der Waals surface area contributed by atoms with Crippen molar-refractivity contribution in [3.05, 3.63) is 75.3 Å². The molecule has 16 heteroatoms. The van der Waals surface area contributed by atoms with E-state index in [-0.39, 0.29) is 48.3 Å². The highest BCUT2D eigenvalue weighted by molar-refractivity contribution is 6.25. The van der Waals surface area contributed by atoms with Crippen LogP contribution in [0, 0.1) is 17.3 Å². The number of nitrogens with one attached hydrogen (secondary N) is 1. The van der Waals surface area contributed by atoms with Crippen LogP contribution in [0.3, 0.4) is 0 Å². The normalized spacial score (nSPS) is 23.1. The number of hydrogen-bond acceptors (Lipinski definition) is 10. The average molecular weight is 744 g/mol. The Morgan fingerprint density at radius 3 is 2.13 bits per heavy atom. The molecule has 0 fully saturated rings. The quantitative estimate of drug-likeness (QED) is 0.223. The minimum Gasteiger partial charge on any atom is -0.510 e. The minimum atomic E-state index is -4.57. The molecule has 0 radical (unpaired) electrons. The second-order valence-electron chi connectivity index (χ2n) is 15.5. The lowest BCUT2D eigenvalue weighted by atomic mass is 9.58. The fourth-order valence-electron chi connectivity index (χ4n) is 7.80. The number of alkyl halides is 3. The Hall–Kier alpha value is -5.09. The van der Waals surface area contributed by atoms with Gasteiger partial charge in [0.2, 0.25) is 5.78 Å². The van der Waals surface area contributed by atoms with Crippen molar-refractivity contribution in [2.45, 2.75) is 58.0 Å². The Bertz CT molecular complexity index is 1950. The van der Waals surface area contributed by atoms with Gasteiger partial charge >= 0.3 is 12.2 Å². The predicted molar refractivity (Wildman–Crippen MR) is 188 cm³/mol. The molecule has 0 bridgehead atoms. The summed E-state index contributed by atoms with van der Waals surface area (Å²) < 4.78 is 39.4. The molecule has 2 aromatic carbocycles. The molecule has 2 aromatic rings. The first-order valence-corrected chi connectivity index (χ1v) is 16.8. The molecule has 0 heterocycles. The zero-order valence-electron chi connectivity index (χ0n) is 30.4. The summed E-state index contributed by atoms with van der Waals surface area (Å²) in [7, 11) is 6.51. The maximum absolute atomic E-state index is 14.5. The van der Waals surface area contributed by atoms with Crippen LogP contribution in [0.25, 0.3) is 0 Å². The van der Waals surface area contributed by atoms with Crippen molar-refractivity contribution >= 4 is 34.9 Å². The molecule has 3 aliphatic carbocycles. The maximum atomic E-state index is 14.5. The number of aromatic hydroxyl groups is 1. The first-order chi connectivity index (χ1) is 24.4. The molecule has 0 aliphatic heterocycles. The van der Waals surface area contributed by atoms with E-state index in [0.29, 0.717) is 11.3 Å². The van der Waals surface area contributed by atoms with Gasteiger partial charge in [-0.3, -0.25) is 19.3 Å². The topological polar surface area (TPSA) is 197 Å². The molecule has 3 aliphatic rings. The van der Waals surface area contributed by atoms with Crippen LogP contribution in [-0.2, 0) is 28.7 Å². The zero-order valence-corrected chi connectivity index (χ0v) is 30.4. The third kappa shape index (κ3) is 6.81. The number of anilines is 2. The number of allylic oxidation sites excluding steroid dienone is 1. The van der Waals surface area contributed by atoms with Gasteiger partial charge < -0.3 is 41.3 Å². The predicted octanol–water partition coefficient (Wildman–Crippen LogP) is 4.29. The molecule has 0 spiro atoms. The number of fused-ring (bicyclic) bond motifs is 3. The van der Waals surface area contributed by atoms with E-state index in [1.54, 1.807) is 39.2 Å². The van der Waals surface area contributed by atoms with Crippen molar-refractivity contribution in [3.63, 3.8) is 0 Å². The number of hydrogen-bond donors (Lipinski definition) is 6. The highest BCUT2D eigenvalue weighted by Gasteiger charge is 2.63. The molecular weight excluding hydrogens is 699 g/mol. The number of ketones is 2. The summed E-state index contributed by atoms with van der Waals surface area (Å²) in [6, 6.07) is 3.72. The number of rotatable bonds is 7. The summed E-state index contributed by atoms with van der Waals surface area (Å²) in [5, 5.41) is 49.0. The van der Waals surface area contributed by atoms with Crippen LogP contribution in [0.1, 0.15) is 54.2 Å². The number of primary amides is 1. The number of nitrogens with zero attached hydrogens (tertiary/aromatic N) is 3. The van der Waals surface area contributed by atoms with E-state index in [9.17, 15) is 52.8 Å². The van der Waals surface area contributed by atoms with E-state index < -0.39 is 87.0 Å². The van der Waals surface area contributed by atoms with Crippen molar-refractivity contribution in [3.8, 4) is 5.75 Å². The van der Waals surface area contributed by atoms with Gasteiger partial charge in [0.25, 0.3) is 5.91 Å². The molecule has 13 nitrogen and oxygen atoms in total. The molecule has 286 valence electrons. The van der Waals surface area contributed by atoms with Gasteiger partial charge in [-0.1, -0.05) is 20.8 Å².